The van der Waals surface area contributed by atoms with E-state index in [0.29, 0.717) is 30.6 Å². The first-order valence-electron chi connectivity index (χ1n) is 8.51. The van der Waals surface area contributed by atoms with Crippen molar-refractivity contribution in [2.24, 2.45) is 5.73 Å². The van der Waals surface area contributed by atoms with Gasteiger partial charge in [-0.15, -0.1) is 0 Å². The summed E-state index contributed by atoms with van der Waals surface area (Å²) in [7, 11) is 1.17. The fraction of sp³-hybridized carbons (Fsp3) is 0.263. The highest BCUT2D eigenvalue weighted by Gasteiger charge is 2.34. The Morgan fingerprint density at radius 3 is 2.71 bits per heavy atom. The highest BCUT2D eigenvalue weighted by atomic mass is 19.4. The van der Waals surface area contributed by atoms with Gasteiger partial charge >= 0.3 is 6.18 Å². The van der Waals surface area contributed by atoms with E-state index in [-0.39, 0.29) is 22.8 Å². The normalized spacial score (nSPS) is 13.1. The summed E-state index contributed by atoms with van der Waals surface area (Å²) in [5.74, 6) is -0.651. The fourth-order valence-corrected chi connectivity index (χ4v) is 2.87. The van der Waals surface area contributed by atoms with Crippen molar-refractivity contribution in [3.8, 4) is 5.75 Å². The van der Waals surface area contributed by atoms with Crippen LogP contribution in [0.15, 0.2) is 30.5 Å². The standard InChI is InChI=1S/C19H18F3N4O2/c1-28-15-5-4-13(10-14(15)19(20,21)22)26-17-16-11(6-8-24-18(16)27)9-12(25-17)3-2-7-23/h4-6,8-10H,2-3,7,23H2,1H3,(H,25,26). The molecule has 0 saturated carbocycles. The molecule has 28 heavy (non-hydrogen) atoms. The predicted octanol–water partition coefficient (Wildman–Crippen LogP) is 3.47. The molecule has 2 aromatic rings. The number of anilines is 2. The summed E-state index contributed by atoms with van der Waals surface area (Å²) in [5, 5.41) is 6.56. The number of fused-ring (bicyclic) bond motifs is 1. The Morgan fingerprint density at radius 2 is 2.04 bits per heavy atom. The molecule has 0 unspecified atom stereocenters. The van der Waals surface area contributed by atoms with Crippen LogP contribution in [0.4, 0.5) is 24.7 Å². The van der Waals surface area contributed by atoms with Gasteiger partial charge in [0, 0.05) is 17.6 Å². The average Bonchev–Trinajstić information content (AvgIpc) is 2.65. The van der Waals surface area contributed by atoms with Gasteiger partial charge in [-0.2, -0.15) is 13.2 Å². The molecular formula is C19H18F3N4O2. The number of aromatic nitrogens is 1. The van der Waals surface area contributed by atoms with Gasteiger partial charge in [0.15, 0.2) is 0 Å². The number of hydrogen-bond donors (Lipinski definition) is 2. The highest BCUT2D eigenvalue weighted by Crippen LogP contribution is 2.38. The van der Waals surface area contributed by atoms with Crippen molar-refractivity contribution in [3.63, 3.8) is 0 Å². The average molecular weight is 391 g/mol. The summed E-state index contributed by atoms with van der Waals surface area (Å²) in [6.45, 7) is 0.471. The van der Waals surface area contributed by atoms with E-state index < -0.39 is 17.6 Å². The van der Waals surface area contributed by atoms with E-state index in [9.17, 15) is 18.0 Å². The molecule has 2 heterocycles. The molecule has 147 valence electrons. The van der Waals surface area contributed by atoms with Crippen LogP contribution in [0.5, 0.6) is 5.75 Å². The lowest BCUT2D eigenvalue weighted by atomic mass is 10.0. The minimum Gasteiger partial charge on any atom is -0.496 e. The van der Waals surface area contributed by atoms with Gasteiger partial charge in [-0.25, -0.2) is 10.3 Å². The molecule has 9 heteroatoms. The number of amides is 1. The zero-order chi connectivity index (χ0) is 20.3. The summed E-state index contributed by atoms with van der Waals surface area (Å²) in [5.41, 5.74) is 6.23. The van der Waals surface area contributed by atoms with Gasteiger partial charge in [0.25, 0.3) is 5.91 Å². The Labute approximate surface area is 159 Å². The molecule has 1 amide bonds. The number of nitrogens with one attached hydrogen (secondary N) is 1. The summed E-state index contributed by atoms with van der Waals surface area (Å²) in [4.78, 5) is 16.6. The number of aryl methyl sites for hydroxylation is 1. The zero-order valence-corrected chi connectivity index (χ0v) is 15.0. The molecule has 3 rings (SSSR count). The van der Waals surface area contributed by atoms with Crippen LogP contribution in [0.25, 0.3) is 6.08 Å². The molecule has 3 N–H and O–H groups in total. The number of carbonyl (C=O) groups is 1. The summed E-state index contributed by atoms with van der Waals surface area (Å²) < 4.78 is 44.6. The summed E-state index contributed by atoms with van der Waals surface area (Å²) in [6.07, 6.45) is -0.282. The second-order valence-corrected chi connectivity index (χ2v) is 6.11. The van der Waals surface area contributed by atoms with Crippen molar-refractivity contribution in [2.45, 2.75) is 19.0 Å². The Kier molecular flexibility index (Phi) is 5.55. The first-order valence-corrected chi connectivity index (χ1v) is 8.51. The van der Waals surface area contributed by atoms with E-state index in [4.69, 9.17) is 10.5 Å². The lowest BCUT2D eigenvalue weighted by molar-refractivity contribution is -0.138. The van der Waals surface area contributed by atoms with Crippen molar-refractivity contribution in [1.82, 2.24) is 10.3 Å². The number of hydrogen-bond acceptors (Lipinski definition) is 5. The number of halogens is 3. The van der Waals surface area contributed by atoms with Crippen molar-refractivity contribution in [2.75, 3.05) is 19.0 Å². The topological polar surface area (TPSA) is 91.3 Å². The first kappa shape index (κ1) is 19.7. The second-order valence-electron chi connectivity index (χ2n) is 6.11. The number of alkyl halides is 3. The van der Waals surface area contributed by atoms with E-state index in [0.717, 1.165) is 6.07 Å². The molecule has 1 aromatic heterocycles. The SMILES string of the molecule is COc1ccc(Nc2nc(CCCN)cc3c2C(=O)[N]C=C3)cc1C(F)(F)F. The van der Waals surface area contributed by atoms with Crippen molar-refractivity contribution < 1.29 is 22.7 Å². The third-order valence-corrected chi connectivity index (χ3v) is 4.17. The maximum atomic E-state index is 13.3. The summed E-state index contributed by atoms with van der Waals surface area (Å²) >= 11 is 0. The number of nitrogens with zero attached hydrogens (tertiary/aromatic N) is 2. The molecule has 0 atom stereocenters. The van der Waals surface area contributed by atoms with Crippen LogP contribution >= 0.6 is 0 Å². The number of carbonyl (C=O) groups excluding carboxylic acids is 1. The van der Waals surface area contributed by atoms with Gasteiger partial charge in [0.2, 0.25) is 0 Å². The third kappa shape index (κ3) is 4.09. The van der Waals surface area contributed by atoms with Crippen LogP contribution in [-0.2, 0) is 12.6 Å². The molecule has 0 spiro atoms. The number of rotatable bonds is 6. The second kappa shape index (κ2) is 7.89. The summed E-state index contributed by atoms with van der Waals surface area (Å²) in [6, 6.07) is 5.31. The third-order valence-electron chi connectivity index (χ3n) is 4.17. The number of pyridine rings is 1. The van der Waals surface area contributed by atoms with Crippen LogP contribution in [0.3, 0.4) is 0 Å². The molecular weight excluding hydrogens is 373 g/mol. The fourth-order valence-electron chi connectivity index (χ4n) is 2.87. The predicted molar refractivity (Wildman–Crippen MR) is 98.4 cm³/mol. The molecule has 1 aliphatic rings. The molecule has 6 nitrogen and oxygen atoms in total. The van der Waals surface area contributed by atoms with Gasteiger partial charge in [-0.3, -0.25) is 4.79 Å². The van der Waals surface area contributed by atoms with E-state index in [1.165, 1.54) is 25.4 Å². The van der Waals surface area contributed by atoms with Crippen LogP contribution < -0.4 is 21.1 Å². The van der Waals surface area contributed by atoms with Gasteiger partial charge in [0.05, 0.1) is 18.2 Å². The van der Waals surface area contributed by atoms with Crippen LogP contribution in [0.2, 0.25) is 0 Å². The Morgan fingerprint density at radius 1 is 1.25 bits per heavy atom. The number of methoxy groups -OCH3 is 1. The van der Waals surface area contributed by atoms with E-state index in [1.54, 1.807) is 12.1 Å². The molecule has 0 fully saturated rings. The van der Waals surface area contributed by atoms with E-state index in [2.05, 4.69) is 15.6 Å². The first-order chi connectivity index (χ1) is 13.3. The number of benzene rings is 1. The molecule has 0 aliphatic carbocycles. The molecule has 0 bridgehead atoms. The van der Waals surface area contributed by atoms with E-state index >= 15 is 0 Å². The lowest BCUT2D eigenvalue weighted by Gasteiger charge is -2.18. The zero-order valence-electron chi connectivity index (χ0n) is 15.0. The number of nitrogens with two attached hydrogens (primary N) is 1. The number of ether oxygens (including phenoxy) is 1. The minimum atomic E-state index is -4.59. The quantitative estimate of drug-likeness (QED) is 0.787. The Hall–Kier alpha value is -3.07. The minimum absolute atomic E-state index is 0.126. The maximum absolute atomic E-state index is 13.3. The maximum Gasteiger partial charge on any atom is 0.420 e. The van der Waals surface area contributed by atoms with Crippen molar-refractivity contribution in [3.05, 3.63) is 52.8 Å². The Bertz CT molecular complexity index is 926. The molecule has 1 aromatic carbocycles. The largest absolute Gasteiger partial charge is 0.496 e. The smallest absolute Gasteiger partial charge is 0.420 e. The van der Waals surface area contributed by atoms with Crippen molar-refractivity contribution in [1.29, 1.82) is 0 Å². The molecule has 1 aliphatic heterocycles. The van der Waals surface area contributed by atoms with Crippen molar-refractivity contribution >= 4 is 23.5 Å². The molecule has 0 saturated heterocycles. The highest BCUT2D eigenvalue weighted by molar-refractivity contribution is 6.05. The van der Waals surface area contributed by atoms with Gasteiger partial charge in [-0.05, 0) is 55.3 Å². The van der Waals surface area contributed by atoms with Crippen LogP contribution in [-0.4, -0.2) is 24.5 Å². The van der Waals surface area contributed by atoms with Gasteiger partial charge in [0.1, 0.15) is 11.6 Å². The van der Waals surface area contributed by atoms with Crippen LogP contribution in [0.1, 0.15) is 33.6 Å². The van der Waals surface area contributed by atoms with Crippen LogP contribution in [0, 0.1) is 0 Å². The molecule has 1 radical (unpaired) electrons. The van der Waals surface area contributed by atoms with E-state index in [1.807, 2.05) is 0 Å². The monoisotopic (exact) mass is 391 g/mol. The van der Waals surface area contributed by atoms with Gasteiger partial charge in [-0.1, -0.05) is 0 Å². The Balaban J connectivity index is 2.04. The lowest BCUT2D eigenvalue weighted by Crippen LogP contribution is -2.19. The van der Waals surface area contributed by atoms with Gasteiger partial charge < -0.3 is 15.8 Å².